The molecule has 0 aromatic carbocycles. The molecular weight excluding hydrogens is 342 g/mol. The molecule has 20 heavy (non-hydrogen) atoms. The number of aliphatic carboxylic acids is 1. The summed E-state index contributed by atoms with van der Waals surface area (Å²) in [6, 6.07) is 3.28. The Kier molecular flexibility index (Phi) is 7.84. The van der Waals surface area contributed by atoms with Crippen LogP contribution in [0.2, 0.25) is 0 Å². The Balaban J connectivity index is 2.28. The van der Waals surface area contributed by atoms with Gasteiger partial charge in [0.25, 0.3) is 0 Å². The molecule has 1 rings (SSSR count). The molecule has 1 aromatic heterocycles. The highest BCUT2D eigenvalue weighted by Gasteiger charge is 2.18. The fourth-order valence-electron chi connectivity index (χ4n) is 1.84. The molecule has 0 spiro atoms. The van der Waals surface area contributed by atoms with Gasteiger partial charge < -0.3 is 10.4 Å². The molecule has 4 nitrogen and oxygen atoms in total. The molecule has 6 heteroatoms. The van der Waals surface area contributed by atoms with Crippen molar-refractivity contribution in [1.29, 1.82) is 0 Å². The smallest absolute Gasteiger partial charge is 0.326 e. The van der Waals surface area contributed by atoms with E-state index >= 15 is 0 Å². The molecule has 0 fully saturated rings. The van der Waals surface area contributed by atoms with E-state index in [2.05, 4.69) is 21.2 Å². The van der Waals surface area contributed by atoms with E-state index in [-0.39, 0.29) is 5.91 Å². The number of thiophene rings is 1. The Labute approximate surface area is 131 Å². The van der Waals surface area contributed by atoms with Gasteiger partial charge in [-0.05, 0) is 47.3 Å². The minimum absolute atomic E-state index is 0.177. The average Bonchev–Trinajstić information content (AvgIpc) is 2.80. The molecule has 0 aliphatic heterocycles. The summed E-state index contributed by atoms with van der Waals surface area (Å²) >= 11 is 5.06. The Morgan fingerprint density at radius 3 is 2.70 bits per heavy atom. The summed E-state index contributed by atoms with van der Waals surface area (Å²) in [6.07, 6.45) is 4.17. The Morgan fingerprint density at radius 1 is 1.40 bits per heavy atom. The van der Waals surface area contributed by atoms with Crippen molar-refractivity contribution in [1.82, 2.24) is 5.32 Å². The lowest BCUT2D eigenvalue weighted by Gasteiger charge is -2.13. The van der Waals surface area contributed by atoms with E-state index in [1.165, 1.54) is 4.88 Å². The van der Waals surface area contributed by atoms with Gasteiger partial charge in [0.1, 0.15) is 6.04 Å². The lowest BCUT2D eigenvalue weighted by molar-refractivity contribution is -0.142. The molecule has 0 aliphatic rings. The summed E-state index contributed by atoms with van der Waals surface area (Å²) in [6.45, 7) is 2.00. The normalized spacial score (nSPS) is 12.1. The van der Waals surface area contributed by atoms with Crippen LogP contribution < -0.4 is 5.32 Å². The zero-order chi connectivity index (χ0) is 15.0. The second kappa shape index (κ2) is 9.13. The number of aryl methyl sites for hydroxylation is 1. The lowest BCUT2D eigenvalue weighted by atomic mass is 10.1. The molecule has 0 radical (unpaired) electrons. The van der Waals surface area contributed by atoms with Crippen LogP contribution in [0.5, 0.6) is 0 Å². The number of carbonyl (C=O) groups excluding carboxylic acids is 1. The monoisotopic (exact) mass is 361 g/mol. The van der Waals surface area contributed by atoms with Crippen molar-refractivity contribution < 1.29 is 14.7 Å². The molecule has 1 unspecified atom stereocenters. The van der Waals surface area contributed by atoms with E-state index in [0.29, 0.717) is 12.8 Å². The molecule has 112 valence electrons. The van der Waals surface area contributed by atoms with Crippen molar-refractivity contribution in [3.05, 3.63) is 20.8 Å². The van der Waals surface area contributed by atoms with Gasteiger partial charge in [-0.1, -0.05) is 19.8 Å². The van der Waals surface area contributed by atoms with Crippen LogP contribution in [0.15, 0.2) is 15.9 Å². The number of hydrogen-bond acceptors (Lipinski definition) is 3. The number of rotatable bonds is 9. The van der Waals surface area contributed by atoms with Crippen LogP contribution >= 0.6 is 27.3 Å². The number of carboxylic acids is 1. The molecule has 0 saturated heterocycles. The summed E-state index contributed by atoms with van der Waals surface area (Å²) < 4.78 is 1.09. The van der Waals surface area contributed by atoms with Crippen LogP contribution in [-0.4, -0.2) is 23.0 Å². The molecule has 1 atom stereocenters. The van der Waals surface area contributed by atoms with E-state index in [1.54, 1.807) is 11.3 Å². The average molecular weight is 362 g/mol. The van der Waals surface area contributed by atoms with E-state index in [9.17, 15) is 9.59 Å². The highest BCUT2D eigenvalue weighted by molar-refractivity contribution is 9.11. The first-order valence-corrected chi connectivity index (χ1v) is 8.40. The number of amides is 1. The Hall–Kier alpha value is -0.880. The third kappa shape index (κ3) is 6.52. The molecule has 1 aromatic rings. The minimum Gasteiger partial charge on any atom is -0.480 e. The van der Waals surface area contributed by atoms with Crippen molar-refractivity contribution in [2.24, 2.45) is 0 Å². The highest BCUT2D eigenvalue weighted by atomic mass is 79.9. The standard InChI is InChI=1S/C14H20BrNO3S/c1-2-3-6-11(14(18)19)16-13(17)7-4-5-10-8-9-12(15)20-10/h8-9,11H,2-7H2,1H3,(H,16,17)(H,18,19). The van der Waals surface area contributed by atoms with Crippen LogP contribution in [-0.2, 0) is 16.0 Å². The van der Waals surface area contributed by atoms with Gasteiger partial charge in [-0.25, -0.2) is 4.79 Å². The van der Waals surface area contributed by atoms with Gasteiger partial charge >= 0.3 is 5.97 Å². The predicted molar refractivity (Wildman–Crippen MR) is 84.0 cm³/mol. The topological polar surface area (TPSA) is 66.4 Å². The summed E-state index contributed by atoms with van der Waals surface area (Å²) in [5, 5.41) is 11.6. The first kappa shape index (κ1) is 17.2. The van der Waals surface area contributed by atoms with Gasteiger partial charge in [-0.3, -0.25) is 4.79 Å². The van der Waals surface area contributed by atoms with Crippen molar-refractivity contribution in [3.8, 4) is 0 Å². The fraction of sp³-hybridized carbons (Fsp3) is 0.571. The Morgan fingerprint density at radius 2 is 2.15 bits per heavy atom. The second-order valence-electron chi connectivity index (χ2n) is 4.66. The van der Waals surface area contributed by atoms with Crippen LogP contribution in [0.4, 0.5) is 0 Å². The van der Waals surface area contributed by atoms with E-state index in [0.717, 1.165) is 29.5 Å². The zero-order valence-corrected chi connectivity index (χ0v) is 13.9. The third-order valence-corrected chi connectivity index (χ3v) is 4.62. The van der Waals surface area contributed by atoms with Crippen LogP contribution in [0.3, 0.4) is 0 Å². The lowest BCUT2D eigenvalue weighted by Crippen LogP contribution is -2.40. The molecule has 1 heterocycles. The second-order valence-corrected chi connectivity index (χ2v) is 7.21. The molecule has 0 saturated carbocycles. The maximum absolute atomic E-state index is 11.7. The van der Waals surface area contributed by atoms with Crippen LogP contribution in [0, 0.1) is 0 Å². The number of carboxylic acid groups (broad SMARTS) is 1. The summed E-state index contributed by atoms with van der Waals surface area (Å²) in [4.78, 5) is 24.0. The van der Waals surface area contributed by atoms with E-state index in [1.807, 2.05) is 19.1 Å². The van der Waals surface area contributed by atoms with Gasteiger partial charge in [0.15, 0.2) is 0 Å². The van der Waals surface area contributed by atoms with Crippen molar-refractivity contribution in [2.75, 3.05) is 0 Å². The fourth-order valence-corrected chi connectivity index (χ4v) is 3.37. The number of hydrogen-bond donors (Lipinski definition) is 2. The number of nitrogens with one attached hydrogen (secondary N) is 1. The van der Waals surface area contributed by atoms with Gasteiger partial charge in [-0.15, -0.1) is 11.3 Å². The first-order valence-electron chi connectivity index (χ1n) is 6.79. The molecule has 1 amide bonds. The van der Waals surface area contributed by atoms with Crippen LogP contribution in [0.1, 0.15) is 43.9 Å². The van der Waals surface area contributed by atoms with Crippen molar-refractivity contribution >= 4 is 39.1 Å². The molecule has 0 bridgehead atoms. The largest absolute Gasteiger partial charge is 0.480 e. The zero-order valence-electron chi connectivity index (χ0n) is 11.5. The first-order chi connectivity index (χ1) is 9.52. The highest BCUT2D eigenvalue weighted by Crippen LogP contribution is 2.23. The number of carbonyl (C=O) groups is 2. The number of halogens is 1. The number of unbranched alkanes of at least 4 members (excludes halogenated alkanes) is 1. The molecule has 2 N–H and O–H groups in total. The van der Waals surface area contributed by atoms with E-state index < -0.39 is 12.0 Å². The van der Waals surface area contributed by atoms with Crippen molar-refractivity contribution in [2.45, 2.75) is 51.5 Å². The SMILES string of the molecule is CCCCC(NC(=O)CCCc1ccc(Br)s1)C(=O)O. The van der Waals surface area contributed by atoms with E-state index in [4.69, 9.17) is 5.11 Å². The minimum atomic E-state index is -0.950. The van der Waals surface area contributed by atoms with Gasteiger partial charge in [-0.2, -0.15) is 0 Å². The van der Waals surface area contributed by atoms with Gasteiger partial charge in [0, 0.05) is 11.3 Å². The van der Waals surface area contributed by atoms with Crippen molar-refractivity contribution in [3.63, 3.8) is 0 Å². The predicted octanol–water partition coefficient (Wildman–Crippen LogP) is 3.59. The maximum atomic E-state index is 11.7. The van der Waals surface area contributed by atoms with Gasteiger partial charge in [0.05, 0.1) is 3.79 Å². The maximum Gasteiger partial charge on any atom is 0.326 e. The van der Waals surface area contributed by atoms with Gasteiger partial charge in [0.2, 0.25) is 5.91 Å². The Bertz CT molecular complexity index is 447. The molecular formula is C14H20BrNO3S. The summed E-state index contributed by atoms with van der Waals surface area (Å²) in [5.74, 6) is -1.13. The third-order valence-electron chi connectivity index (χ3n) is 2.94. The van der Waals surface area contributed by atoms with Crippen LogP contribution in [0.25, 0.3) is 0 Å². The molecule has 0 aliphatic carbocycles. The quantitative estimate of drug-likeness (QED) is 0.706. The summed E-state index contributed by atoms with van der Waals surface area (Å²) in [5.41, 5.74) is 0. The summed E-state index contributed by atoms with van der Waals surface area (Å²) in [7, 11) is 0.